The van der Waals surface area contributed by atoms with Gasteiger partial charge in [-0.05, 0) is 20.2 Å². The van der Waals surface area contributed by atoms with Crippen LogP contribution in [0.25, 0.3) is 0 Å². The van der Waals surface area contributed by atoms with E-state index in [4.69, 9.17) is 0 Å². The molecular formula is C9H20N2OS. The van der Waals surface area contributed by atoms with E-state index in [2.05, 4.69) is 10.6 Å². The zero-order chi connectivity index (χ0) is 10.3. The number of likely N-dealkylation sites (N-methyl/N-ethyl adjacent to an activating group) is 1. The molecule has 4 heteroatoms. The van der Waals surface area contributed by atoms with Gasteiger partial charge in [-0.15, -0.1) is 0 Å². The van der Waals surface area contributed by atoms with E-state index in [1.54, 1.807) is 11.8 Å². The zero-order valence-corrected chi connectivity index (χ0v) is 9.70. The lowest BCUT2D eigenvalue weighted by atomic mass is 10.2. The summed E-state index contributed by atoms with van der Waals surface area (Å²) >= 11 is 1.70. The van der Waals surface area contributed by atoms with Gasteiger partial charge in [0.15, 0.2) is 0 Å². The van der Waals surface area contributed by atoms with Crippen LogP contribution in [0.1, 0.15) is 13.8 Å². The van der Waals surface area contributed by atoms with Crippen LogP contribution in [0.2, 0.25) is 0 Å². The highest BCUT2D eigenvalue weighted by Gasteiger charge is 2.11. The quantitative estimate of drug-likeness (QED) is 0.669. The van der Waals surface area contributed by atoms with Crippen molar-refractivity contribution in [1.29, 1.82) is 0 Å². The van der Waals surface area contributed by atoms with Crippen LogP contribution in [0.5, 0.6) is 0 Å². The first-order valence-corrected chi connectivity index (χ1v) is 5.95. The Bertz CT molecular complexity index is 153. The Balaban J connectivity index is 3.61. The second kappa shape index (κ2) is 7.21. The van der Waals surface area contributed by atoms with Crippen molar-refractivity contribution in [3.8, 4) is 0 Å². The van der Waals surface area contributed by atoms with Crippen LogP contribution in [0.3, 0.4) is 0 Å². The smallest absolute Gasteiger partial charge is 0.223 e. The highest BCUT2D eigenvalue weighted by molar-refractivity contribution is 7.98. The van der Waals surface area contributed by atoms with Crippen molar-refractivity contribution in [3.05, 3.63) is 0 Å². The Morgan fingerprint density at radius 1 is 1.46 bits per heavy atom. The summed E-state index contributed by atoms with van der Waals surface area (Å²) in [7, 11) is 1.89. The van der Waals surface area contributed by atoms with E-state index in [-0.39, 0.29) is 11.8 Å². The molecule has 0 aromatic heterocycles. The lowest BCUT2D eigenvalue weighted by molar-refractivity contribution is -0.123. The molecule has 0 aromatic rings. The van der Waals surface area contributed by atoms with Crippen LogP contribution in [0.4, 0.5) is 0 Å². The first-order valence-electron chi connectivity index (χ1n) is 4.55. The molecule has 2 unspecified atom stereocenters. The first-order chi connectivity index (χ1) is 6.11. The number of nitrogens with one attached hydrogen (secondary N) is 2. The molecule has 0 heterocycles. The van der Waals surface area contributed by atoms with Crippen molar-refractivity contribution in [2.45, 2.75) is 19.9 Å². The number of rotatable bonds is 6. The molecule has 3 nitrogen and oxygen atoms in total. The van der Waals surface area contributed by atoms with Gasteiger partial charge >= 0.3 is 0 Å². The lowest BCUT2D eigenvalue weighted by Gasteiger charge is -2.14. The standard InChI is InChI=1S/C9H20N2OS/c1-7(6-13-4)9(12)11-5-8(2)10-3/h7-8,10H,5-6H2,1-4H3,(H,11,12). The molecule has 0 aliphatic heterocycles. The summed E-state index contributed by atoms with van der Waals surface area (Å²) < 4.78 is 0. The summed E-state index contributed by atoms with van der Waals surface area (Å²) in [5.41, 5.74) is 0. The molecule has 0 fully saturated rings. The Morgan fingerprint density at radius 3 is 2.54 bits per heavy atom. The first kappa shape index (κ1) is 12.8. The second-order valence-corrected chi connectivity index (χ2v) is 4.20. The van der Waals surface area contributed by atoms with Gasteiger partial charge in [-0.3, -0.25) is 4.79 Å². The molecule has 2 atom stereocenters. The maximum absolute atomic E-state index is 11.4. The van der Waals surface area contributed by atoms with E-state index in [1.807, 2.05) is 27.2 Å². The molecule has 0 saturated carbocycles. The maximum Gasteiger partial charge on any atom is 0.223 e. The average Bonchev–Trinajstić information content (AvgIpc) is 2.13. The third-order valence-corrected chi connectivity index (χ3v) is 2.77. The Hall–Kier alpha value is -0.220. The molecule has 0 spiro atoms. The fraction of sp³-hybridized carbons (Fsp3) is 0.889. The third kappa shape index (κ3) is 5.93. The highest BCUT2D eigenvalue weighted by atomic mass is 32.2. The fourth-order valence-electron chi connectivity index (χ4n) is 0.856. The maximum atomic E-state index is 11.4. The molecular weight excluding hydrogens is 184 g/mol. The van der Waals surface area contributed by atoms with E-state index < -0.39 is 0 Å². The number of hydrogen-bond acceptors (Lipinski definition) is 3. The number of amides is 1. The summed E-state index contributed by atoms with van der Waals surface area (Å²) in [4.78, 5) is 11.4. The summed E-state index contributed by atoms with van der Waals surface area (Å²) in [6, 6.07) is 0.338. The normalized spacial score (nSPS) is 15.1. The van der Waals surface area contributed by atoms with Crippen LogP contribution in [0, 0.1) is 5.92 Å². The number of thioether (sulfide) groups is 1. The average molecular weight is 204 g/mol. The van der Waals surface area contributed by atoms with E-state index in [9.17, 15) is 4.79 Å². The molecule has 0 rings (SSSR count). The number of carbonyl (C=O) groups is 1. The second-order valence-electron chi connectivity index (χ2n) is 3.29. The summed E-state index contributed by atoms with van der Waals surface area (Å²) in [6.45, 7) is 4.70. The molecule has 0 aliphatic rings. The Morgan fingerprint density at radius 2 is 2.08 bits per heavy atom. The predicted molar refractivity (Wildman–Crippen MR) is 59.1 cm³/mol. The molecule has 13 heavy (non-hydrogen) atoms. The molecule has 78 valence electrons. The molecule has 2 N–H and O–H groups in total. The van der Waals surface area contributed by atoms with Crippen molar-refractivity contribution in [3.63, 3.8) is 0 Å². The highest BCUT2D eigenvalue weighted by Crippen LogP contribution is 2.03. The van der Waals surface area contributed by atoms with Crippen molar-refractivity contribution < 1.29 is 4.79 Å². The van der Waals surface area contributed by atoms with E-state index >= 15 is 0 Å². The van der Waals surface area contributed by atoms with Gasteiger partial charge in [0.25, 0.3) is 0 Å². The fourth-order valence-corrected chi connectivity index (χ4v) is 1.51. The van der Waals surface area contributed by atoms with Crippen LogP contribution in [0.15, 0.2) is 0 Å². The van der Waals surface area contributed by atoms with Crippen molar-refractivity contribution >= 4 is 17.7 Å². The number of carbonyl (C=O) groups excluding carboxylic acids is 1. The van der Waals surface area contributed by atoms with Crippen LogP contribution in [-0.4, -0.2) is 37.6 Å². The molecule has 1 amide bonds. The summed E-state index contributed by atoms with van der Waals surface area (Å²) in [5, 5.41) is 5.97. The molecule has 0 bridgehead atoms. The Labute approximate surface area is 85.0 Å². The largest absolute Gasteiger partial charge is 0.354 e. The van der Waals surface area contributed by atoms with Gasteiger partial charge in [0, 0.05) is 24.3 Å². The van der Waals surface area contributed by atoms with Gasteiger partial charge in [0.05, 0.1) is 0 Å². The number of hydrogen-bond donors (Lipinski definition) is 2. The van der Waals surface area contributed by atoms with Gasteiger partial charge in [-0.1, -0.05) is 6.92 Å². The Kier molecular flexibility index (Phi) is 7.09. The van der Waals surface area contributed by atoms with E-state index in [0.717, 1.165) is 5.75 Å². The third-order valence-electron chi connectivity index (χ3n) is 1.94. The molecule has 0 saturated heterocycles. The van der Waals surface area contributed by atoms with Gasteiger partial charge < -0.3 is 10.6 Å². The van der Waals surface area contributed by atoms with Crippen LogP contribution in [-0.2, 0) is 4.79 Å². The molecule has 0 aromatic carbocycles. The topological polar surface area (TPSA) is 41.1 Å². The SMILES string of the molecule is CNC(C)CNC(=O)C(C)CSC. The predicted octanol–water partition coefficient (Wildman–Crippen LogP) is 0.710. The minimum Gasteiger partial charge on any atom is -0.354 e. The zero-order valence-electron chi connectivity index (χ0n) is 8.89. The van der Waals surface area contributed by atoms with Crippen molar-refractivity contribution in [2.24, 2.45) is 5.92 Å². The van der Waals surface area contributed by atoms with Gasteiger partial charge in [-0.25, -0.2) is 0 Å². The van der Waals surface area contributed by atoms with Crippen molar-refractivity contribution in [1.82, 2.24) is 10.6 Å². The minimum absolute atomic E-state index is 0.110. The van der Waals surface area contributed by atoms with E-state index in [0.29, 0.717) is 12.6 Å². The monoisotopic (exact) mass is 204 g/mol. The molecule has 0 radical (unpaired) electrons. The van der Waals surface area contributed by atoms with Gasteiger partial charge in [-0.2, -0.15) is 11.8 Å². The minimum atomic E-state index is 0.110. The summed E-state index contributed by atoms with van der Waals surface area (Å²) in [5.74, 6) is 1.15. The lowest BCUT2D eigenvalue weighted by Crippen LogP contribution is -2.39. The summed E-state index contributed by atoms with van der Waals surface area (Å²) in [6.07, 6.45) is 2.01. The van der Waals surface area contributed by atoms with Gasteiger partial charge in [0.2, 0.25) is 5.91 Å². The van der Waals surface area contributed by atoms with Crippen LogP contribution >= 0.6 is 11.8 Å². The van der Waals surface area contributed by atoms with Gasteiger partial charge in [0.1, 0.15) is 0 Å². The van der Waals surface area contributed by atoms with E-state index in [1.165, 1.54) is 0 Å². The molecule has 0 aliphatic carbocycles. The van der Waals surface area contributed by atoms with Crippen molar-refractivity contribution in [2.75, 3.05) is 25.6 Å². The van der Waals surface area contributed by atoms with Crippen LogP contribution < -0.4 is 10.6 Å².